The zero-order valence-electron chi connectivity index (χ0n) is 12.2. The first-order valence-corrected chi connectivity index (χ1v) is 7.50. The first-order chi connectivity index (χ1) is 8.64. The second-order valence-electron chi connectivity index (χ2n) is 4.67. The van der Waals surface area contributed by atoms with Crippen molar-refractivity contribution < 1.29 is 22.7 Å². The van der Waals surface area contributed by atoms with Crippen LogP contribution in [0.5, 0.6) is 0 Å². The van der Waals surface area contributed by atoms with Crippen molar-refractivity contribution in [1.82, 2.24) is 9.03 Å². The molecule has 114 valence electrons. The van der Waals surface area contributed by atoms with Crippen molar-refractivity contribution in [1.29, 1.82) is 0 Å². The van der Waals surface area contributed by atoms with Gasteiger partial charge in [-0.15, -0.1) is 0 Å². The van der Waals surface area contributed by atoms with Gasteiger partial charge in [-0.25, -0.2) is 0 Å². The molecule has 19 heavy (non-hydrogen) atoms. The van der Waals surface area contributed by atoms with Crippen molar-refractivity contribution >= 4 is 16.2 Å². The molecule has 0 radical (unpaired) electrons. The summed E-state index contributed by atoms with van der Waals surface area (Å²) in [4.78, 5) is 11.0. The van der Waals surface area contributed by atoms with Crippen molar-refractivity contribution in [3.05, 3.63) is 0 Å². The number of carbonyl (C=O) groups is 1. The molecule has 0 rings (SSSR count). The van der Waals surface area contributed by atoms with Gasteiger partial charge in [-0.1, -0.05) is 0 Å². The van der Waals surface area contributed by atoms with E-state index in [9.17, 15) is 13.2 Å². The van der Waals surface area contributed by atoms with Gasteiger partial charge in [0.1, 0.15) is 0 Å². The van der Waals surface area contributed by atoms with Gasteiger partial charge in [-0.2, -0.15) is 17.4 Å². The van der Waals surface area contributed by atoms with Crippen LogP contribution in [0.15, 0.2) is 0 Å². The molecule has 0 aliphatic rings. The Morgan fingerprint density at radius 2 is 1.95 bits per heavy atom. The topological polar surface area (TPSA) is 84.9 Å². The van der Waals surface area contributed by atoms with Gasteiger partial charge in [0.15, 0.2) is 0 Å². The summed E-state index contributed by atoms with van der Waals surface area (Å²) in [6.07, 6.45) is 0.0166. The van der Waals surface area contributed by atoms with Crippen LogP contribution in [0.2, 0.25) is 0 Å². The van der Waals surface area contributed by atoms with Crippen LogP contribution in [0.3, 0.4) is 0 Å². The number of hydrogen-bond acceptors (Lipinski definition) is 5. The van der Waals surface area contributed by atoms with Gasteiger partial charge in [0, 0.05) is 26.7 Å². The van der Waals surface area contributed by atoms with E-state index < -0.39 is 21.8 Å². The summed E-state index contributed by atoms with van der Waals surface area (Å²) in [5.41, 5.74) is -0.578. The van der Waals surface area contributed by atoms with E-state index in [0.29, 0.717) is 6.61 Å². The number of hydrogen-bond donors (Lipinski definition) is 1. The Hall–Kier alpha value is -0.700. The van der Waals surface area contributed by atoms with E-state index in [1.54, 1.807) is 13.8 Å². The van der Waals surface area contributed by atoms with Crippen LogP contribution < -0.4 is 4.72 Å². The minimum Gasteiger partial charge on any atom is -0.469 e. The predicted octanol–water partition coefficient (Wildman–Crippen LogP) is 0.131. The van der Waals surface area contributed by atoms with Gasteiger partial charge in [-0.3, -0.25) is 4.79 Å². The van der Waals surface area contributed by atoms with Crippen molar-refractivity contribution in [2.24, 2.45) is 0 Å². The lowest BCUT2D eigenvalue weighted by atomic mass is 10.1. The number of nitrogens with zero attached hydrogens (tertiary/aromatic N) is 1. The van der Waals surface area contributed by atoms with E-state index in [2.05, 4.69) is 9.46 Å². The maximum absolute atomic E-state index is 11.9. The molecule has 0 aromatic carbocycles. The molecule has 0 amide bonds. The molecule has 0 atom stereocenters. The lowest BCUT2D eigenvalue weighted by Gasteiger charge is -2.26. The normalized spacial score (nSPS) is 12.7. The molecule has 0 fully saturated rings. The van der Waals surface area contributed by atoms with Gasteiger partial charge in [0.2, 0.25) is 0 Å². The molecule has 0 spiro atoms. The van der Waals surface area contributed by atoms with Crippen LogP contribution in [0.4, 0.5) is 0 Å². The Balaban J connectivity index is 4.34. The first-order valence-electron chi connectivity index (χ1n) is 6.06. The quantitative estimate of drug-likeness (QED) is 0.611. The second kappa shape index (κ2) is 7.78. The lowest BCUT2D eigenvalue weighted by molar-refractivity contribution is -0.140. The largest absolute Gasteiger partial charge is 0.469 e. The number of carbonyl (C=O) groups excluding carboxylic acids is 1. The molecule has 7 nitrogen and oxygen atoms in total. The fourth-order valence-corrected chi connectivity index (χ4v) is 2.37. The second-order valence-corrected chi connectivity index (χ2v) is 6.53. The third-order valence-corrected chi connectivity index (χ3v) is 4.00. The van der Waals surface area contributed by atoms with Crippen LogP contribution >= 0.6 is 0 Å². The molecular weight excluding hydrogens is 272 g/mol. The third-order valence-electron chi connectivity index (χ3n) is 2.48. The average Bonchev–Trinajstić information content (AvgIpc) is 2.33. The molecule has 0 saturated carbocycles. The van der Waals surface area contributed by atoms with Gasteiger partial charge >= 0.3 is 5.97 Å². The van der Waals surface area contributed by atoms with E-state index in [1.165, 1.54) is 14.2 Å². The summed E-state index contributed by atoms with van der Waals surface area (Å²) in [5, 5.41) is 0. The summed E-state index contributed by atoms with van der Waals surface area (Å²) < 4.78 is 37.2. The van der Waals surface area contributed by atoms with E-state index in [1.807, 2.05) is 6.92 Å². The summed E-state index contributed by atoms with van der Waals surface area (Å²) >= 11 is 0. The average molecular weight is 296 g/mol. The van der Waals surface area contributed by atoms with E-state index in [0.717, 1.165) is 4.31 Å². The number of rotatable bonds is 9. The Morgan fingerprint density at radius 3 is 2.42 bits per heavy atom. The summed E-state index contributed by atoms with van der Waals surface area (Å²) in [6.45, 7) is 6.18. The Labute approximate surface area is 115 Å². The highest BCUT2D eigenvalue weighted by molar-refractivity contribution is 7.87. The summed E-state index contributed by atoms with van der Waals surface area (Å²) in [6, 6.07) is 0. The molecule has 0 aliphatic heterocycles. The molecule has 0 aliphatic carbocycles. The van der Waals surface area contributed by atoms with Gasteiger partial charge in [-0.05, 0) is 20.8 Å². The first kappa shape index (κ1) is 18.3. The Kier molecular flexibility index (Phi) is 7.50. The minimum atomic E-state index is -3.62. The molecule has 1 N–H and O–H groups in total. The third kappa shape index (κ3) is 7.46. The van der Waals surface area contributed by atoms with Crippen LogP contribution in [0, 0.1) is 0 Å². The highest BCUT2D eigenvalue weighted by Crippen LogP contribution is 2.08. The molecular formula is C11H24N2O5S. The zero-order chi connectivity index (χ0) is 15.1. The number of methoxy groups -OCH3 is 1. The molecule has 0 heterocycles. The standard InChI is InChI=1S/C11H24N2O5S/c1-6-18-11(2,3)9-12-19(15,16)13(4)8-7-10(14)17-5/h12H,6-9H2,1-5H3. The number of nitrogens with one attached hydrogen (secondary N) is 1. The highest BCUT2D eigenvalue weighted by Gasteiger charge is 2.24. The monoisotopic (exact) mass is 296 g/mol. The molecule has 0 aromatic heterocycles. The maximum atomic E-state index is 11.9. The van der Waals surface area contributed by atoms with E-state index >= 15 is 0 Å². The predicted molar refractivity (Wildman–Crippen MR) is 71.9 cm³/mol. The lowest BCUT2D eigenvalue weighted by Crippen LogP contribution is -2.46. The fourth-order valence-electron chi connectivity index (χ4n) is 1.29. The summed E-state index contributed by atoms with van der Waals surface area (Å²) in [5.74, 6) is -0.448. The fraction of sp³-hybridized carbons (Fsp3) is 0.909. The molecule has 0 saturated heterocycles. The van der Waals surface area contributed by atoms with E-state index in [-0.39, 0.29) is 19.5 Å². The molecule has 0 aromatic rings. The Bertz CT molecular complexity index is 381. The minimum absolute atomic E-state index is 0.0166. The highest BCUT2D eigenvalue weighted by atomic mass is 32.2. The number of esters is 1. The smallest absolute Gasteiger partial charge is 0.306 e. The zero-order valence-corrected chi connectivity index (χ0v) is 13.0. The van der Waals surface area contributed by atoms with Crippen LogP contribution in [-0.4, -0.2) is 58.1 Å². The van der Waals surface area contributed by atoms with Crippen molar-refractivity contribution in [2.45, 2.75) is 32.8 Å². The van der Waals surface area contributed by atoms with Crippen molar-refractivity contribution in [2.75, 3.05) is 33.9 Å². The van der Waals surface area contributed by atoms with Crippen molar-refractivity contribution in [3.8, 4) is 0 Å². The summed E-state index contributed by atoms with van der Waals surface area (Å²) in [7, 11) is -0.955. The molecule has 8 heteroatoms. The molecule has 0 unspecified atom stereocenters. The van der Waals surface area contributed by atoms with Crippen LogP contribution in [0.1, 0.15) is 27.2 Å². The van der Waals surface area contributed by atoms with Crippen molar-refractivity contribution in [3.63, 3.8) is 0 Å². The van der Waals surface area contributed by atoms with Crippen LogP contribution in [-0.2, 0) is 24.5 Å². The number of ether oxygens (including phenoxy) is 2. The van der Waals surface area contributed by atoms with Crippen LogP contribution in [0.25, 0.3) is 0 Å². The van der Waals surface area contributed by atoms with E-state index in [4.69, 9.17) is 4.74 Å². The van der Waals surface area contributed by atoms with Gasteiger partial charge in [0.25, 0.3) is 10.2 Å². The van der Waals surface area contributed by atoms with Gasteiger partial charge < -0.3 is 9.47 Å². The molecule has 0 bridgehead atoms. The maximum Gasteiger partial charge on any atom is 0.306 e. The SMILES string of the molecule is CCOC(C)(C)CNS(=O)(=O)N(C)CCC(=O)OC. The van der Waals surface area contributed by atoms with Gasteiger partial charge in [0.05, 0.1) is 19.1 Å². The Morgan fingerprint density at radius 1 is 1.37 bits per heavy atom.